The molecule has 0 rings (SSSR count). The Balaban J connectivity index is 4.00. The molecule has 0 heterocycles. The standard InChI is InChI=1S/C10H20N2O4S/c1-7(4-6-17-2)11-10(16)12-8(3-5-13)9(14)15/h7-8,13H,3-6H2,1-2H3,(H,14,15)(H2,11,12,16)/t7?,8-/m0/s1. The van der Waals surface area contributed by atoms with Crippen LogP contribution in [0.4, 0.5) is 4.79 Å². The van der Waals surface area contributed by atoms with E-state index in [0.717, 1.165) is 12.2 Å². The van der Waals surface area contributed by atoms with E-state index in [1.165, 1.54) is 0 Å². The van der Waals surface area contributed by atoms with Crippen LogP contribution in [-0.4, -0.2) is 52.9 Å². The number of aliphatic hydroxyl groups is 1. The average molecular weight is 264 g/mol. The van der Waals surface area contributed by atoms with E-state index in [-0.39, 0.29) is 19.1 Å². The fourth-order valence-electron chi connectivity index (χ4n) is 1.18. The molecule has 2 amide bonds. The normalized spacial score (nSPS) is 13.8. The zero-order valence-electron chi connectivity index (χ0n) is 10.1. The van der Waals surface area contributed by atoms with Gasteiger partial charge in [-0.1, -0.05) is 0 Å². The minimum Gasteiger partial charge on any atom is -0.480 e. The van der Waals surface area contributed by atoms with E-state index in [4.69, 9.17) is 10.2 Å². The Bertz CT molecular complexity index is 250. The first-order valence-corrected chi connectivity index (χ1v) is 6.80. The fraction of sp³-hybridized carbons (Fsp3) is 0.800. The van der Waals surface area contributed by atoms with Crippen molar-refractivity contribution >= 4 is 23.8 Å². The molecule has 6 nitrogen and oxygen atoms in total. The number of amides is 2. The van der Waals surface area contributed by atoms with Crippen LogP contribution in [0, 0.1) is 0 Å². The van der Waals surface area contributed by atoms with Crippen LogP contribution in [0.15, 0.2) is 0 Å². The van der Waals surface area contributed by atoms with Crippen LogP contribution in [0.3, 0.4) is 0 Å². The molecule has 0 radical (unpaired) electrons. The molecule has 0 bridgehead atoms. The number of urea groups is 1. The van der Waals surface area contributed by atoms with Crippen LogP contribution in [0.5, 0.6) is 0 Å². The highest BCUT2D eigenvalue weighted by atomic mass is 32.2. The van der Waals surface area contributed by atoms with Crippen molar-refractivity contribution in [3.63, 3.8) is 0 Å². The topological polar surface area (TPSA) is 98.7 Å². The van der Waals surface area contributed by atoms with Crippen LogP contribution in [0.1, 0.15) is 19.8 Å². The van der Waals surface area contributed by atoms with Crippen molar-refractivity contribution in [3.05, 3.63) is 0 Å². The Labute approximate surface area is 105 Å². The lowest BCUT2D eigenvalue weighted by atomic mass is 10.2. The summed E-state index contributed by atoms with van der Waals surface area (Å²) in [5.74, 6) is -0.216. The van der Waals surface area contributed by atoms with Gasteiger partial charge in [-0.05, 0) is 25.4 Å². The predicted octanol–water partition coefficient (Wildman–Crippen LogP) is 0.263. The first kappa shape index (κ1) is 16.1. The van der Waals surface area contributed by atoms with E-state index < -0.39 is 18.0 Å². The maximum absolute atomic E-state index is 11.4. The summed E-state index contributed by atoms with van der Waals surface area (Å²) in [7, 11) is 0. The second kappa shape index (κ2) is 9.12. The number of carbonyl (C=O) groups is 2. The quantitative estimate of drug-likeness (QED) is 0.504. The van der Waals surface area contributed by atoms with Crippen LogP contribution in [-0.2, 0) is 4.79 Å². The highest BCUT2D eigenvalue weighted by Gasteiger charge is 2.19. The van der Waals surface area contributed by atoms with Gasteiger partial charge in [-0.25, -0.2) is 9.59 Å². The van der Waals surface area contributed by atoms with Crippen molar-refractivity contribution in [1.29, 1.82) is 0 Å². The van der Waals surface area contributed by atoms with E-state index in [9.17, 15) is 9.59 Å². The summed E-state index contributed by atoms with van der Waals surface area (Å²) in [5.41, 5.74) is 0. The molecule has 0 aliphatic rings. The Morgan fingerprint density at radius 2 is 1.94 bits per heavy atom. The van der Waals surface area contributed by atoms with Gasteiger partial charge in [-0.3, -0.25) is 0 Å². The molecule has 0 saturated heterocycles. The van der Waals surface area contributed by atoms with Gasteiger partial charge in [0.15, 0.2) is 0 Å². The lowest BCUT2D eigenvalue weighted by Crippen LogP contribution is -2.48. The molecular formula is C10H20N2O4S. The SMILES string of the molecule is CSCCC(C)NC(=O)N[C@@H](CCO)C(=O)O. The molecule has 0 spiro atoms. The number of carbonyl (C=O) groups excluding carboxylic acids is 1. The predicted molar refractivity (Wildman–Crippen MR) is 67.3 cm³/mol. The van der Waals surface area contributed by atoms with Crippen LogP contribution in [0.2, 0.25) is 0 Å². The van der Waals surface area contributed by atoms with Crippen LogP contribution in [0.25, 0.3) is 0 Å². The molecule has 0 aromatic heterocycles. The van der Waals surface area contributed by atoms with E-state index in [2.05, 4.69) is 10.6 Å². The fourth-order valence-corrected chi connectivity index (χ4v) is 1.77. The van der Waals surface area contributed by atoms with E-state index in [1.807, 2.05) is 13.2 Å². The summed E-state index contributed by atoms with van der Waals surface area (Å²) in [6, 6.07) is -1.57. The summed E-state index contributed by atoms with van der Waals surface area (Å²) in [4.78, 5) is 22.2. The van der Waals surface area contributed by atoms with Crippen molar-refractivity contribution in [2.24, 2.45) is 0 Å². The first-order chi connectivity index (χ1) is 8.01. The van der Waals surface area contributed by atoms with Gasteiger partial charge in [0.1, 0.15) is 6.04 Å². The summed E-state index contributed by atoms with van der Waals surface area (Å²) in [5, 5.41) is 22.4. The number of carboxylic acids is 1. The smallest absolute Gasteiger partial charge is 0.326 e. The molecule has 1 unspecified atom stereocenters. The van der Waals surface area contributed by atoms with Crippen molar-refractivity contribution in [1.82, 2.24) is 10.6 Å². The number of aliphatic carboxylic acids is 1. The van der Waals surface area contributed by atoms with Crippen molar-refractivity contribution in [2.45, 2.75) is 31.8 Å². The second-order valence-corrected chi connectivity index (χ2v) is 4.69. The molecule has 0 saturated carbocycles. The highest BCUT2D eigenvalue weighted by molar-refractivity contribution is 7.98. The maximum atomic E-state index is 11.4. The number of aliphatic hydroxyl groups excluding tert-OH is 1. The summed E-state index contributed by atoms with van der Waals surface area (Å²) >= 11 is 1.69. The minimum absolute atomic E-state index is 0.00193. The number of nitrogens with one attached hydrogen (secondary N) is 2. The third kappa shape index (κ3) is 7.87. The maximum Gasteiger partial charge on any atom is 0.326 e. The van der Waals surface area contributed by atoms with E-state index in [0.29, 0.717) is 0 Å². The number of hydrogen-bond donors (Lipinski definition) is 4. The lowest BCUT2D eigenvalue weighted by molar-refractivity contribution is -0.139. The summed E-state index contributed by atoms with van der Waals surface area (Å²) < 4.78 is 0. The van der Waals surface area contributed by atoms with Gasteiger partial charge in [0.2, 0.25) is 0 Å². The Morgan fingerprint density at radius 1 is 1.29 bits per heavy atom. The monoisotopic (exact) mass is 264 g/mol. The summed E-state index contributed by atoms with van der Waals surface area (Å²) in [6.07, 6.45) is 2.81. The third-order valence-electron chi connectivity index (χ3n) is 2.15. The zero-order chi connectivity index (χ0) is 13.3. The Kier molecular flexibility index (Phi) is 8.61. The van der Waals surface area contributed by atoms with E-state index in [1.54, 1.807) is 11.8 Å². The number of thioether (sulfide) groups is 1. The number of carboxylic acid groups (broad SMARTS) is 1. The Hall–Kier alpha value is -0.950. The molecule has 2 atom stereocenters. The van der Waals surface area contributed by atoms with Gasteiger partial charge < -0.3 is 20.8 Å². The molecule has 7 heteroatoms. The molecule has 100 valence electrons. The van der Waals surface area contributed by atoms with Crippen molar-refractivity contribution in [3.8, 4) is 0 Å². The van der Waals surface area contributed by atoms with Gasteiger partial charge >= 0.3 is 12.0 Å². The second-order valence-electron chi connectivity index (χ2n) is 3.70. The minimum atomic E-state index is -1.15. The van der Waals surface area contributed by atoms with Gasteiger partial charge in [-0.2, -0.15) is 11.8 Å². The van der Waals surface area contributed by atoms with Crippen molar-refractivity contribution in [2.75, 3.05) is 18.6 Å². The van der Waals surface area contributed by atoms with Gasteiger partial charge in [0.25, 0.3) is 0 Å². The van der Waals surface area contributed by atoms with Gasteiger partial charge in [0, 0.05) is 19.1 Å². The van der Waals surface area contributed by atoms with Crippen LogP contribution < -0.4 is 10.6 Å². The average Bonchev–Trinajstić information content (AvgIpc) is 2.25. The molecule has 0 aliphatic carbocycles. The first-order valence-electron chi connectivity index (χ1n) is 5.40. The Morgan fingerprint density at radius 3 is 2.41 bits per heavy atom. The molecular weight excluding hydrogens is 244 g/mol. The molecule has 0 aliphatic heterocycles. The number of rotatable bonds is 8. The number of hydrogen-bond acceptors (Lipinski definition) is 4. The lowest BCUT2D eigenvalue weighted by Gasteiger charge is -2.17. The molecule has 0 fully saturated rings. The zero-order valence-corrected chi connectivity index (χ0v) is 10.9. The molecule has 0 aromatic rings. The van der Waals surface area contributed by atoms with E-state index >= 15 is 0 Å². The molecule has 4 N–H and O–H groups in total. The molecule has 0 aromatic carbocycles. The highest BCUT2D eigenvalue weighted by Crippen LogP contribution is 1.99. The van der Waals surface area contributed by atoms with Crippen molar-refractivity contribution < 1.29 is 19.8 Å². The van der Waals surface area contributed by atoms with Crippen LogP contribution >= 0.6 is 11.8 Å². The largest absolute Gasteiger partial charge is 0.480 e. The third-order valence-corrected chi connectivity index (χ3v) is 2.80. The van der Waals surface area contributed by atoms with Gasteiger partial charge in [0.05, 0.1) is 0 Å². The van der Waals surface area contributed by atoms with Gasteiger partial charge in [-0.15, -0.1) is 0 Å². The molecule has 17 heavy (non-hydrogen) atoms. The summed E-state index contributed by atoms with van der Waals surface area (Å²) in [6.45, 7) is 1.58.